The number of anilines is 5. The molecule has 3 aliphatic heterocycles. The van der Waals surface area contributed by atoms with E-state index in [0.717, 1.165) is 72.0 Å². The minimum Gasteiger partial charge on any atom is -0.391 e. The van der Waals surface area contributed by atoms with Gasteiger partial charge in [-0.2, -0.15) is 4.98 Å². The Balaban J connectivity index is 0.766. The minimum absolute atomic E-state index is 0.0106. The fourth-order valence-electron chi connectivity index (χ4n) is 9.97. The molecule has 2 saturated heterocycles. The third kappa shape index (κ3) is 12.1. The Hall–Kier alpha value is -6.76. The molecule has 0 aliphatic carbocycles. The number of aliphatic hydroxyl groups is 1. The number of benzene rings is 3. The molecule has 392 valence electrons. The van der Waals surface area contributed by atoms with Crippen LogP contribution in [-0.2, 0) is 14.4 Å². The molecule has 17 nitrogen and oxygen atoms in total. The van der Waals surface area contributed by atoms with Crippen molar-refractivity contribution in [3.05, 3.63) is 107 Å². The maximum atomic E-state index is 14.2. The molecule has 74 heavy (non-hydrogen) atoms. The predicted octanol–water partition coefficient (Wildman–Crippen LogP) is 7.87. The van der Waals surface area contributed by atoms with Gasteiger partial charge in [0.1, 0.15) is 17.8 Å². The lowest BCUT2D eigenvalue weighted by molar-refractivity contribution is -0.144. The highest BCUT2D eigenvalue weighted by Gasteiger charge is 2.45. The molecule has 2 fully saturated rings. The molecule has 5 heterocycles. The summed E-state index contributed by atoms with van der Waals surface area (Å²) in [6, 6.07) is 20.9. The van der Waals surface area contributed by atoms with Gasteiger partial charge in [0.25, 0.3) is 11.8 Å². The molecule has 5 unspecified atom stereocenters. The van der Waals surface area contributed by atoms with Crippen LogP contribution in [0.25, 0.3) is 10.4 Å². The van der Waals surface area contributed by atoms with Crippen LogP contribution in [0.1, 0.15) is 118 Å². The summed E-state index contributed by atoms with van der Waals surface area (Å²) in [4.78, 5) is 92.6. The fraction of sp³-hybridized carbons (Fsp3) is 0.464. The Morgan fingerprint density at radius 2 is 1.59 bits per heavy atom. The van der Waals surface area contributed by atoms with Gasteiger partial charge >= 0.3 is 0 Å². The number of aryl methyl sites for hydroxylation is 1. The van der Waals surface area contributed by atoms with E-state index in [9.17, 15) is 29.1 Å². The van der Waals surface area contributed by atoms with Gasteiger partial charge in [0.15, 0.2) is 5.82 Å². The molecule has 0 radical (unpaired) electrons. The third-order valence-electron chi connectivity index (χ3n) is 14.6. The number of hydrogen-bond acceptors (Lipinski definition) is 13. The molecule has 5 aromatic rings. The Labute approximate surface area is 438 Å². The number of amides is 5. The van der Waals surface area contributed by atoms with Crippen LogP contribution in [0.5, 0.6) is 0 Å². The highest BCUT2D eigenvalue weighted by atomic mass is 32.1. The lowest BCUT2D eigenvalue weighted by atomic mass is 9.85. The number of aromatic nitrogens is 3. The van der Waals surface area contributed by atoms with E-state index < -0.39 is 23.6 Å². The summed E-state index contributed by atoms with van der Waals surface area (Å²) in [5.41, 5.74) is 7.45. The number of β-amino-alcohol motifs (C(OH)–C–C–N with tert-alkyl or cyclic N) is 1. The van der Waals surface area contributed by atoms with Gasteiger partial charge in [0, 0.05) is 69.9 Å². The topological polar surface area (TPSA) is 197 Å². The first-order chi connectivity index (χ1) is 35.4. The Morgan fingerprint density at radius 3 is 2.27 bits per heavy atom. The van der Waals surface area contributed by atoms with Gasteiger partial charge in [-0.3, -0.25) is 28.9 Å². The standard InChI is InChI=1S/C56H71N11O6S/c1-9-35(2)67-44-16-13-12-15-43(44)53(72)63(8)46-32-57-55(62-50(46)67)60-41-24-22-40(23-25-41)52(71)65-29-27-64(28-30-65)26-14-10-11-17-47(69)61-49(56(5,6)7)54(73)66-33-42(68)31-45(66)51(70)59-36(3)38-18-20-39(21-19-38)48-37(4)58-34-74-48/h12-13,15-16,18-25,32,34-36,42,45,49,68H,9-11,14,17,26-31,33H2,1-8H3,(H,59,70)(H,61,69)(H,57,60,62). The van der Waals surface area contributed by atoms with Crippen LogP contribution in [0.2, 0.25) is 0 Å². The molecule has 5 amide bonds. The van der Waals surface area contributed by atoms with E-state index in [2.05, 4.69) is 49.6 Å². The molecule has 0 bridgehead atoms. The van der Waals surface area contributed by atoms with Crippen molar-refractivity contribution in [3.8, 4) is 10.4 Å². The van der Waals surface area contributed by atoms with E-state index in [1.807, 2.05) is 118 Å². The number of likely N-dealkylation sites (tertiary alicyclic amines) is 1. The zero-order chi connectivity index (χ0) is 52.8. The van der Waals surface area contributed by atoms with E-state index in [1.165, 1.54) is 4.90 Å². The molecule has 4 N–H and O–H groups in total. The molecule has 18 heteroatoms. The SMILES string of the molecule is CCC(C)N1c2ccccc2C(=O)N(C)c2cnc(Nc3ccc(C(=O)N4CCN(CCCCCC(=O)NC(C(=O)N5CC(O)CC5C(=O)NC(C)c5ccc(-c6scnc6C)cc5)C(C)(C)C)CC4)cc3)nc21. The summed E-state index contributed by atoms with van der Waals surface area (Å²) in [7, 11) is 1.74. The lowest BCUT2D eigenvalue weighted by Crippen LogP contribution is -2.57. The van der Waals surface area contributed by atoms with Gasteiger partial charge in [-0.15, -0.1) is 11.3 Å². The molecular weight excluding hydrogens is 955 g/mol. The molecular formula is C56H71N11O6S. The summed E-state index contributed by atoms with van der Waals surface area (Å²) < 4.78 is 0. The van der Waals surface area contributed by atoms with Gasteiger partial charge in [-0.05, 0) is 99.5 Å². The molecule has 5 atom stereocenters. The lowest BCUT2D eigenvalue weighted by Gasteiger charge is -2.35. The average Bonchev–Trinajstić information content (AvgIpc) is 4.00. The molecule has 8 rings (SSSR count). The Bertz CT molecular complexity index is 2810. The number of thiazole rings is 1. The number of aliphatic hydroxyl groups excluding tert-OH is 1. The first-order valence-electron chi connectivity index (χ1n) is 25.9. The maximum absolute atomic E-state index is 14.2. The predicted molar refractivity (Wildman–Crippen MR) is 290 cm³/mol. The van der Waals surface area contributed by atoms with Crippen LogP contribution in [0.3, 0.4) is 0 Å². The third-order valence-corrected chi connectivity index (χ3v) is 15.5. The van der Waals surface area contributed by atoms with Crippen molar-refractivity contribution in [2.45, 2.75) is 117 Å². The average molecular weight is 1030 g/mol. The van der Waals surface area contributed by atoms with Crippen molar-refractivity contribution in [1.29, 1.82) is 0 Å². The molecule has 2 aromatic heterocycles. The van der Waals surface area contributed by atoms with Crippen molar-refractivity contribution in [2.24, 2.45) is 5.41 Å². The van der Waals surface area contributed by atoms with Crippen LogP contribution in [0.15, 0.2) is 84.5 Å². The highest BCUT2D eigenvalue weighted by Crippen LogP contribution is 2.41. The van der Waals surface area contributed by atoms with Crippen LogP contribution < -0.4 is 25.8 Å². The van der Waals surface area contributed by atoms with Crippen molar-refractivity contribution in [3.63, 3.8) is 0 Å². The smallest absolute Gasteiger partial charge is 0.260 e. The number of fused-ring (bicyclic) bond motifs is 2. The molecule has 3 aromatic carbocycles. The minimum atomic E-state index is -0.887. The van der Waals surface area contributed by atoms with Crippen molar-refractivity contribution < 1.29 is 29.1 Å². The summed E-state index contributed by atoms with van der Waals surface area (Å²) >= 11 is 1.58. The zero-order valence-corrected chi connectivity index (χ0v) is 44.7. The van der Waals surface area contributed by atoms with E-state index >= 15 is 0 Å². The molecule has 3 aliphatic rings. The highest BCUT2D eigenvalue weighted by molar-refractivity contribution is 7.13. The largest absolute Gasteiger partial charge is 0.391 e. The number of carbonyl (C=O) groups is 5. The number of carbonyl (C=O) groups excluding carboxylic acids is 5. The van der Waals surface area contributed by atoms with E-state index in [-0.39, 0.29) is 61.0 Å². The number of para-hydroxylation sites is 1. The first-order valence-corrected chi connectivity index (χ1v) is 26.8. The number of hydrogen-bond donors (Lipinski definition) is 4. The van der Waals surface area contributed by atoms with Gasteiger partial charge < -0.3 is 40.7 Å². The van der Waals surface area contributed by atoms with Crippen LogP contribution in [0.4, 0.5) is 28.8 Å². The van der Waals surface area contributed by atoms with Crippen LogP contribution >= 0.6 is 11.3 Å². The summed E-state index contributed by atoms with van der Waals surface area (Å²) in [5.74, 6) is -0.0901. The Kier molecular flexibility index (Phi) is 16.8. The second-order valence-corrected chi connectivity index (χ2v) is 21.8. The maximum Gasteiger partial charge on any atom is 0.260 e. The van der Waals surface area contributed by atoms with Gasteiger partial charge in [-0.1, -0.05) is 70.5 Å². The van der Waals surface area contributed by atoms with Crippen LogP contribution in [0, 0.1) is 12.3 Å². The zero-order valence-electron chi connectivity index (χ0n) is 43.9. The van der Waals surface area contributed by atoms with Gasteiger partial charge in [0.2, 0.25) is 23.7 Å². The summed E-state index contributed by atoms with van der Waals surface area (Å²) in [5, 5.41) is 20.0. The van der Waals surface area contributed by atoms with Crippen molar-refractivity contribution >= 4 is 69.7 Å². The summed E-state index contributed by atoms with van der Waals surface area (Å²) in [6.07, 6.45) is 4.39. The van der Waals surface area contributed by atoms with Gasteiger partial charge in [0.05, 0.1) is 45.7 Å². The number of unbranched alkanes of at least 4 members (excludes halogenated alkanes) is 2. The normalized spacial score (nSPS) is 18.3. The second-order valence-electron chi connectivity index (χ2n) is 20.9. The summed E-state index contributed by atoms with van der Waals surface area (Å²) in [6.45, 7) is 17.3. The number of rotatable bonds is 17. The quantitative estimate of drug-likeness (QED) is 0.0660. The van der Waals surface area contributed by atoms with Crippen LogP contribution in [-0.4, -0.2) is 135 Å². The van der Waals surface area contributed by atoms with E-state index in [1.54, 1.807) is 29.5 Å². The monoisotopic (exact) mass is 1030 g/mol. The first kappa shape index (κ1) is 53.5. The van der Waals surface area contributed by atoms with Crippen molar-refractivity contribution in [2.75, 3.05) is 61.4 Å². The molecule has 0 spiro atoms. The number of nitrogens with zero attached hydrogens (tertiary/aromatic N) is 8. The fourth-order valence-corrected chi connectivity index (χ4v) is 10.8. The molecule has 0 saturated carbocycles. The van der Waals surface area contributed by atoms with E-state index in [0.29, 0.717) is 48.1 Å². The number of nitrogens with one attached hydrogen (secondary N) is 3. The van der Waals surface area contributed by atoms with E-state index in [4.69, 9.17) is 4.98 Å². The number of piperazine rings is 1. The van der Waals surface area contributed by atoms with Crippen molar-refractivity contribution in [1.82, 2.24) is 40.3 Å². The Morgan fingerprint density at radius 1 is 0.878 bits per heavy atom. The van der Waals surface area contributed by atoms with Gasteiger partial charge in [-0.25, -0.2) is 9.97 Å². The second kappa shape index (κ2) is 23.2.